The number of ether oxygens (including phenoxy) is 2. The summed E-state index contributed by atoms with van der Waals surface area (Å²) in [5.74, 6) is 1.37. The monoisotopic (exact) mass is 338 g/mol. The predicted molar refractivity (Wildman–Crippen MR) is 93.1 cm³/mol. The van der Waals surface area contributed by atoms with Gasteiger partial charge in [-0.2, -0.15) is 5.10 Å². The first-order valence-electron chi connectivity index (χ1n) is 7.87. The summed E-state index contributed by atoms with van der Waals surface area (Å²) < 4.78 is 12.6. The Morgan fingerprint density at radius 1 is 1.08 bits per heavy atom. The fourth-order valence-corrected chi connectivity index (χ4v) is 2.24. The van der Waals surface area contributed by atoms with Crippen LogP contribution in [0.1, 0.15) is 6.92 Å². The van der Waals surface area contributed by atoms with Crippen LogP contribution in [0, 0.1) is 0 Å². The maximum atomic E-state index is 12.2. The minimum absolute atomic E-state index is 0.141. The number of benzene rings is 1. The summed E-state index contributed by atoms with van der Waals surface area (Å²) in [4.78, 5) is 16.5. The molecule has 1 aromatic carbocycles. The van der Waals surface area contributed by atoms with Crippen molar-refractivity contribution in [2.75, 3.05) is 18.5 Å². The molecule has 0 unspecified atom stereocenters. The smallest absolute Gasteiger partial charge is 0.262 e. The maximum Gasteiger partial charge on any atom is 0.262 e. The van der Waals surface area contributed by atoms with Crippen LogP contribution >= 0.6 is 0 Å². The zero-order chi connectivity index (χ0) is 17.5. The van der Waals surface area contributed by atoms with Crippen molar-refractivity contribution >= 4 is 11.6 Å². The van der Waals surface area contributed by atoms with Gasteiger partial charge in [0, 0.05) is 18.6 Å². The Morgan fingerprint density at radius 2 is 1.88 bits per heavy atom. The molecular formula is C18H18N4O3. The number of anilines is 1. The molecule has 0 atom stereocenters. The second-order valence-corrected chi connectivity index (χ2v) is 5.04. The van der Waals surface area contributed by atoms with Gasteiger partial charge in [-0.3, -0.25) is 4.79 Å². The van der Waals surface area contributed by atoms with Gasteiger partial charge in [-0.05, 0) is 37.3 Å². The van der Waals surface area contributed by atoms with Crippen molar-refractivity contribution in [1.82, 2.24) is 14.8 Å². The van der Waals surface area contributed by atoms with Gasteiger partial charge in [-0.1, -0.05) is 12.1 Å². The van der Waals surface area contributed by atoms with Gasteiger partial charge in [-0.15, -0.1) is 0 Å². The van der Waals surface area contributed by atoms with Crippen LogP contribution in [0.25, 0.3) is 5.82 Å². The van der Waals surface area contributed by atoms with Crippen LogP contribution in [0.4, 0.5) is 5.69 Å². The van der Waals surface area contributed by atoms with Crippen LogP contribution in [0.3, 0.4) is 0 Å². The number of hydrogen-bond donors (Lipinski definition) is 1. The van der Waals surface area contributed by atoms with Crippen LogP contribution < -0.4 is 14.8 Å². The number of nitrogens with zero attached hydrogens (tertiary/aromatic N) is 3. The molecule has 3 aromatic rings. The van der Waals surface area contributed by atoms with Gasteiger partial charge in [-0.25, -0.2) is 9.67 Å². The lowest BCUT2D eigenvalue weighted by molar-refractivity contribution is -0.118. The number of carbonyl (C=O) groups is 1. The van der Waals surface area contributed by atoms with E-state index in [1.807, 2.05) is 19.1 Å². The molecule has 2 aromatic heterocycles. The maximum absolute atomic E-state index is 12.2. The van der Waals surface area contributed by atoms with Gasteiger partial charge in [0.2, 0.25) is 0 Å². The van der Waals surface area contributed by atoms with Gasteiger partial charge in [0.1, 0.15) is 0 Å². The van der Waals surface area contributed by atoms with Gasteiger partial charge in [0.05, 0.1) is 12.3 Å². The predicted octanol–water partition coefficient (Wildman–Crippen LogP) is 2.68. The van der Waals surface area contributed by atoms with E-state index < -0.39 is 0 Å². The zero-order valence-electron chi connectivity index (χ0n) is 13.8. The molecule has 0 aliphatic rings. The van der Waals surface area contributed by atoms with Crippen molar-refractivity contribution in [2.45, 2.75) is 6.92 Å². The van der Waals surface area contributed by atoms with Crippen molar-refractivity contribution in [3.8, 4) is 17.3 Å². The van der Waals surface area contributed by atoms with Crippen LogP contribution in [0.5, 0.6) is 11.5 Å². The fraction of sp³-hybridized carbons (Fsp3) is 0.167. The lowest BCUT2D eigenvalue weighted by atomic mass is 10.3. The highest BCUT2D eigenvalue weighted by atomic mass is 16.5. The van der Waals surface area contributed by atoms with E-state index in [0.29, 0.717) is 29.6 Å². The molecule has 0 aliphatic heterocycles. The third-order valence-corrected chi connectivity index (χ3v) is 3.29. The molecule has 0 saturated heterocycles. The van der Waals surface area contributed by atoms with Crippen molar-refractivity contribution < 1.29 is 14.3 Å². The number of para-hydroxylation sites is 2. The first-order valence-corrected chi connectivity index (χ1v) is 7.87. The summed E-state index contributed by atoms with van der Waals surface area (Å²) in [6.07, 6.45) is 5.04. The Labute approximate surface area is 145 Å². The standard InChI is InChI=1S/C18H18N4O3/c1-2-24-15-8-3-4-9-16(15)25-13-17(23)21-14-7-5-10-19-18(14)22-12-6-11-20-22/h3-12H,2,13H2,1H3,(H,21,23). The summed E-state index contributed by atoms with van der Waals surface area (Å²) in [5, 5.41) is 6.93. The summed E-state index contributed by atoms with van der Waals surface area (Å²) >= 11 is 0. The molecule has 0 spiro atoms. The van der Waals surface area contributed by atoms with E-state index in [2.05, 4.69) is 15.4 Å². The number of aromatic nitrogens is 3. The third kappa shape index (κ3) is 4.14. The normalized spacial score (nSPS) is 10.3. The molecule has 1 amide bonds. The summed E-state index contributed by atoms with van der Waals surface area (Å²) in [7, 11) is 0. The van der Waals surface area contributed by atoms with Gasteiger partial charge < -0.3 is 14.8 Å². The van der Waals surface area contributed by atoms with E-state index in [4.69, 9.17) is 9.47 Å². The molecule has 2 heterocycles. The highest BCUT2D eigenvalue weighted by molar-refractivity contribution is 5.93. The highest BCUT2D eigenvalue weighted by Crippen LogP contribution is 2.26. The van der Waals surface area contributed by atoms with Crippen molar-refractivity contribution in [3.63, 3.8) is 0 Å². The van der Waals surface area contributed by atoms with E-state index >= 15 is 0 Å². The van der Waals surface area contributed by atoms with Crippen LogP contribution in [0.2, 0.25) is 0 Å². The molecule has 1 N–H and O–H groups in total. The molecule has 7 nitrogen and oxygen atoms in total. The Morgan fingerprint density at radius 3 is 2.60 bits per heavy atom. The summed E-state index contributed by atoms with van der Waals surface area (Å²) in [6, 6.07) is 12.5. The van der Waals surface area contributed by atoms with Crippen molar-refractivity contribution in [1.29, 1.82) is 0 Å². The lowest BCUT2D eigenvalue weighted by Gasteiger charge is -2.12. The van der Waals surface area contributed by atoms with Crippen LogP contribution in [-0.2, 0) is 4.79 Å². The van der Waals surface area contributed by atoms with E-state index in [-0.39, 0.29) is 12.5 Å². The van der Waals surface area contributed by atoms with Crippen LogP contribution in [0.15, 0.2) is 61.1 Å². The molecule has 25 heavy (non-hydrogen) atoms. The van der Waals surface area contributed by atoms with E-state index in [0.717, 1.165) is 0 Å². The topological polar surface area (TPSA) is 78.3 Å². The molecule has 0 fully saturated rings. The minimum Gasteiger partial charge on any atom is -0.490 e. The molecule has 3 rings (SSSR count). The van der Waals surface area contributed by atoms with Crippen molar-refractivity contribution in [3.05, 3.63) is 61.1 Å². The van der Waals surface area contributed by atoms with Gasteiger partial charge in [0.15, 0.2) is 23.9 Å². The number of hydrogen-bond acceptors (Lipinski definition) is 5. The number of carbonyl (C=O) groups excluding carboxylic acids is 1. The molecule has 7 heteroatoms. The first-order chi connectivity index (χ1) is 12.3. The summed E-state index contributed by atoms with van der Waals surface area (Å²) in [6.45, 7) is 2.27. The Hall–Kier alpha value is -3.35. The molecule has 0 bridgehead atoms. The highest BCUT2D eigenvalue weighted by Gasteiger charge is 2.11. The minimum atomic E-state index is -0.298. The Kier molecular flexibility index (Phi) is 5.26. The van der Waals surface area contributed by atoms with E-state index in [9.17, 15) is 4.79 Å². The number of pyridine rings is 1. The van der Waals surface area contributed by atoms with Crippen molar-refractivity contribution in [2.24, 2.45) is 0 Å². The Balaban J connectivity index is 1.66. The fourth-order valence-electron chi connectivity index (χ4n) is 2.24. The van der Waals surface area contributed by atoms with E-state index in [1.165, 1.54) is 0 Å². The second-order valence-electron chi connectivity index (χ2n) is 5.04. The SMILES string of the molecule is CCOc1ccccc1OCC(=O)Nc1cccnc1-n1cccn1. The zero-order valence-corrected chi connectivity index (χ0v) is 13.8. The average molecular weight is 338 g/mol. The molecule has 0 aliphatic carbocycles. The molecule has 128 valence electrons. The lowest BCUT2D eigenvalue weighted by Crippen LogP contribution is -2.21. The average Bonchev–Trinajstić information content (AvgIpc) is 3.16. The third-order valence-electron chi connectivity index (χ3n) is 3.29. The summed E-state index contributed by atoms with van der Waals surface area (Å²) in [5.41, 5.74) is 0.554. The second kappa shape index (κ2) is 7.96. The van der Waals surface area contributed by atoms with E-state index in [1.54, 1.807) is 53.6 Å². The number of amides is 1. The largest absolute Gasteiger partial charge is 0.490 e. The number of rotatable bonds is 7. The Bertz CT molecular complexity index is 834. The van der Waals surface area contributed by atoms with Gasteiger partial charge in [0.25, 0.3) is 5.91 Å². The molecule has 0 saturated carbocycles. The number of nitrogens with one attached hydrogen (secondary N) is 1. The quantitative estimate of drug-likeness (QED) is 0.716. The van der Waals surface area contributed by atoms with Crippen LogP contribution in [-0.4, -0.2) is 33.9 Å². The first kappa shape index (κ1) is 16.5. The van der Waals surface area contributed by atoms with Gasteiger partial charge >= 0.3 is 0 Å². The molecule has 0 radical (unpaired) electrons. The molecular weight excluding hydrogens is 320 g/mol.